The molecule has 1 aromatic rings. The SMILES string of the molecule is CC(=O)N1CCC(N2CCN(C(=O)c3cnc4n3CCCC4C)CC2)C1. The number of hydrogen-bond acceptors (Lipinski definition) is 4. The quantitative estimate of drug-likeness (QED) is 0.795. The molecule has 2 amide bonds. The van der Waals surface area contributed by atoms with E-state index in [0.29, 0.717) is 12.0 Å². The Bertz CT molecular complexity index is 692. The molecule has 0 bridgehead atoms. The molecule has 2 saturated heterocycles. The number of rotatable bonds is 2. The first-order chi connectivity index (χ1) is 12.5. The zero-order chi connectivity index (χ0) is 18.3. The van der Waals surface area contributed by atoms with Crippen LogP contribution in [0, 0.1) is 0 Å². The van der Waals surface area contributed by atoms with Gasteiger partial charge in [-0.3, -0.25) is 14.5 Å². The van der Waals surface area contributed by atoms with Crippen molar-refractivity contribution in [2.24, 2.45) is 0 Å². The fourth-order valence-electron chi connectivity index (χ4n) is 4.65. The van der Waals surface area contributed by atoms with E-state index in [1.54, 1.807) is 13.1 Å². The van der Waals surface area contributed by atoms with E-state index in [-0.39, 0.29) is 11.8 Å². The summed E-state index contributed by atoms with van der Waals surface area (Å²) in [5.74, 6) is 1.79. The van der Waals surface area contributed by atoms with Crippen molar-refractivity contribution in [3.05, 3.63) is 17.7 Å². The van der Waals surface area contributed by atoms with Crippen molar-refractivity contribution in [2.75, 3.05) is 39.3 Å². The van der Waals surface area contributed by atoms with Crippen molar-refractivity contribution in [1.29, 1.82) is 0 Å². The Morgan fingerprint density at radius 3 is 2.50 bits per heavy atom. The highest BCUT2D eigenvalue weighted by Crippen LogP contribution is 2.27. The Morgan fingerprint density at radius 2 is 1.81 bits per heavy atom. The molecule has 3 aliphatic heterocycles. The van der Waals surface area contributed by atoms with Crippen LogP contribution in [0.4, 0.5) is 0 Å². The van der Waals surface area contributed by atoms with E-state index in [1.807, 2.05) is 9.80 Å². The summed E-state index contributed by atoms with van der Waals surface area (Å²) in [5.41, 5.74) is 0.753. The van der Waals surface area contributed by atoms with Gasteiger partial charge in [0.05, 0.1) is 6.20 Å². The summed E-state index contributed by atoms with van der Waals surface area (Å²) in [6.07, 6.45) is 5.09. The highest BCUT2D eigenvalue weighted by molar-refractivity contribution is 5.92. The van der Waals surface area contributed by atoms with Crippen molar-refractivity contribution in [1.82, 2.24) is 24.3 Å². The van der Waals surface area contributed by atoms with E-state index in [1.165, 1.54) is 0 Å². The maximum Gasteiger partial charge on any atom is 0.272 e. The van der Waals surface area contributed by atoms with Crippen molar-refractivity contribution in [3.8, 4) is 0 Å². The zero-order valence-electron chi connectivity index (χ0n) is 15.9. The average Bonchev–Trinajstić information content (AvgIpc) is 3.29. The second-order valence-electron chi connectivity index (χ2n) is 7.93. The maximum absolute atomic E-state index is 13.0. The summed E-state index contributed by atoms with van der Waals surface area (Å²) in [5, 5.41) is 0. The van der Waals surface area contributed by atoms with Gasteiger partial charge in [-0.15, -0.1) is 0 Å². The van der Waals surface area contributed by atoms with Crippen LogP contribution in [-0.4, -0.2) is 81.4 Å². The molecule has 0 aromatic carbocycles. The molecule has 4 rings (SSSR count). The number of fused-ring (bicyclic) bond motifs is 1. The molecule has 2 fully saturated rings. The van der Waals surface area contributed by atoms with Crippen LogP contribution in [0.2, 0.25) is 0 Å². The zero-order valence-corrected chi connectivity index (χ0v) is 15.9. The molecule has 142 valence electrons. The van der Waals surface area contributed by atoms with Gasteiger partial charge in [0.15, 0.2) is 0 Å². The molecule has 0 N–H and O–H groups in total. The first-order valence-corrected chi connectivity index (χ1v) is 9.89. The highest BCUT2D eigenvalue weighted by atomic mass is 16.2. The number of carbonyl (C=O) groups is 2. The predicted molar refractivity (Wildman–Crippen MR) is 98.0 cm³/mol. The number of aromatic nitrogens is 2. The Hall–Kier alpha value is -1.89. The molecule has 0 aliphatic carbocycles. The fraction of sp³-hybridized carbons (Fsp3) is 0.737. The molecule has 0 spiro atoms. The minimum absolute atomic E-state index is 0.120. The number of hydrogen-bond donors (Lipinski definition) is 0. The largest absolute Gasteiger partial charge is 0.341 e. The van der Waals surface area contributed by atoms with Gasteiger partial charge < -0.3 is 14.4 Å². The molecule has 4 heterocycles. The first-order valence-electron chi connectivity index (χ1n) is 9.89. The molecule has 7 heteroatoms. The monoisotopic (exact) mass is 359 g/mol. The van der Waals surface area contributed by atoms with Gasteiger partial charge in [0.2, 0.25) is 5.91 Å². The molecular weight excluding hydrogens is 330 g/mol. The van der Waals surface area contributed by atoms with Crippen LogP contribution >= 0.6 is 0 Å². The minimum atomic E-state index is 0.120. The van der Waals surface area contributed by atoms with Crippen molar-refractivity contribution in [2.45, 2.75) is 51.6 Å². The normalized spacial score (nSPS) is 26.8. The Kier molecular flexibility index (Phi) is 4.73. The van der Waals surface area contributed by atoms with E-state index in [2.05, 4.69) is 21.4 Å². The molecule has 2 unspecified atom stereocenters. The van der Waals surface area contributed by atoms with E-state index in [0.717, 1.165) is 76.6 Å². The lowest BCUT2D eigenvalue weighted by Gasteiger charge is -2.38. The summed E-state index contributed by atoms with van der Waals surface area (Å²) in [7, 11) is 0. The number of imidazole rings is 1. The molecule has 7 nitrogen and oxygen atoms in total. The van der Waals surface area contributed by atoms with Crippen LogP contribution in [0.25, 0.3) is 0 Å². The van der Waals surface area contributed by atoms with Crippen LogP contribution in [0.1, 0.15) is 55.3 Å². The van der Waals surface area contributed by atoms with Gasteiger partial charge in [-0.1, -0.05) is 6.92 Å². The van der Waals surface area contributed by atoms with Gasteiger partial charge in [-0.05, 0) is 19.3 Å². The van der Waals surface area contributed by atoms with Crippen molar-refractivity contribution >= 4 is 11.8 Å². The van der Waals surface area contributed by atoms with E-state index < -0.39 is 0 Å². The maximum atomic E-state index is 13.0. The average molecular weight is 359 g/mol. The standard InChI is InChI=1S/C19H29N5O2/c1-14-4-3-6-24-17(12-20-18(14)24)19(26)22-10-8-21(9-11-22)16-5-7-23(13-16)15(2)25/h12,14,16H,3-11,13H2,1-2H3. The molecular formula is C19H29N5O2. The van der Waals surface area contributed by atoms with E-state index in [9.17, 15) is 9.59 Å². The van der Waals surface area contributed by atoms with Gasteiger partial charge >= 0.3 is 0 Å². The van der Waals surface area contributed by atoms with Crippen molar-refractivity contribution < 1.29 is 9.59 Å². The second kappa shape index (κ2) is 7.02. The smallest absolute Gasteiger partial charge is 0.272 e. The molecule has 0 radical (unpaired) electrons. The molecule has 0 saturated carbocycles. The lowest BCUT2D eigenvalue weighted by molar-refractivity contribution is -0.128. The highest BCUT2D eigenvalue weighted by Gasteiger charge is 2.33. The molecule has 26 heavy (non-hydrogen) atoms. The van der Waals surface area contributed by atoms with E-state index in [4.69, 9.17) is 0 Å². The minimum Gasteiger partial charge on any atom is -0.341 e. The predicted octanol–water partition coefficient (Wildman–Crippen LogP) is 1.16. The second-order valence-corrected chi connectivity index (χ2v) is 7.93. The number of amides is 2. The summed E-state index contributed by atoms with van der Waals surface area (Å²) in [4.78, 5) is 35.4. The molecule has 3 aliphatic rings. The fourth-order valence-corrected chi connectivity index (χ4v) is 4.65. The molecule has 2 atom stereocenters. The lowest BCUT2D eigenvalue weighted by atomic mass is 10.0. The summed E-state index contributed by atoms with van der Waals surface area (Å²) < 4.78 is 2.13. The summed E-state index contributed by atoms with van der Waals surface area (Å²) in [6, 6.07) is 0.444. The number of likely N-dealkylation sites (tertiary alicyclic amines) is 1. The Morgan fingerprint density at radius 1 is 1.04 bits per heavy atom. The van der Waals surface area contributed by atoms with Gasteiger partial charge in [0, 0.05) is 64.7 Å². The third kappa shape index (κ3) is 3.13. The number of carbonyl (C=O) groups excluding carboxylic acids is 2. The van der Waals surface area contributed by atoms with E-state index >= 15 is 0 Å². The van der Waals surface area contributed by atoms with Gasteiger partial charge in [0.1, 0.15) is 11.5 Å². The molecule has 1 aromatic heterocycles. The van der Waals surface area contributed by atoms with Crippen LogP contribution in [0.15, 0.2) is 6.20 Å². The summed E-state index contributed by atoms with van der Waals surface area (Å²) >= 11 is 0. The van der Waals surface area contributed by atoms with Crippen LogP contribution < -0.4 is 0 Å². The van der Waals surface area contributed by atoms with Gasteiger partial charge in [-0.2, -0.15) is 0 Å². The lowest BCUT2D eigenvalue weighted by Crippen LogP contribution is -2.52. The van der Waals surface area contributed by atoms with Gasteiger partial charge in [-0.25, -0.2) is 4.98 Å². The number of nitrogens with zero attached hydrogens (tertiary/aromatic N) is 5. The Labute approximate surface area is 154 Å². The third-order valence-corrected chi connectivity index (χ3v) is 6.29. The van der Waals surface area contributed by atoms with Gasteiger partial charge in [0.25, 0.3) is 5.91 Å². The van der Waals surface area contributed by atoms with Crippen LogP contribution in [0.5, 0.6) is 0 Å². The van der Waals surface area contributed by atoms with Crippen LogP contribution in [0.3, 0.4) is 0 Å². The topological polar surface area (TPSA) is 61.7 Å². The Balaban J connectivity index is 1.37. The van der Waals surface area contributed by atoms with Crippen LogP contribution in [-0.2, 0) is 11.3 Å². The number of piperazine rings is 1. The summed E-state index contributed by atoms with van der Waals surface area (Å²) in [6.45, 7) is 9.72. The van der Waals surface area contributed by atoms with Crippen molar-refractivity contribution in [3.63, 3.8) is 0 Å². The first kappa shape index (κ1) is 17.5. The third-order valence-electron chi connectivity index (χ3n) is 6.29.